The van der Waals surface area contributed by atoms with Gasteiger partial charge in [0.15, 0.2) is 0 Å². The molecule has 2 aromatic rings. The third-order valence-corrected chi connectivity index (χ3v) is 3.98. The number of amides is 1. The first kappa shape index (κ1) is 14.4. The smallest absolute Gasteiger partial charge is 0.263 e. The third kappa shape index (κ3) is 3.30. The Bertz CT molecular complexity index is 589. The fraction of sp³-hybridized carbons (Fsp3) is 0.385. The van der Waals surface area contributed by atoms with Gasteiger partial charge in [-0.1, -0.05) is 0 Å². The Hall–Kier alpha value is -2.02. The maximum atomic E-state index is 11.8. The molecule has 6 nitrogen and oxygen atoms in total. The van der Waals surface area contributed by atoms with Gasteiger partial charge in [0, 0.05) is 39.0 Å². The van der Waals surface area contributed by atoms with Gasteiger partial charge in [-0.25, -0.2) is 4.98 Å². The van der Waals surface area contributed by atoms with Crippen molar-refractivity contribution in [1.29, 1.82) is 0 Å². The number of nitrogens with one attached hydrogen (secondary N) is 2. The molecule has 0 bridgehead atoms. The second-order valence-electron chi connectivity index (χ2n) is 4.39. The first-order valence-electron chi connectivity index (χ1n) is 6.49. The first-order valence-corrected chi connectivity index (χ1v) is 7.31. The van der Waals surface area contributed by atoms with Crippen LogP contribution in [0, 0.1) is 0 Å². The monoisotopic (exact) mass is 293 g/mol. The van der Waals surface area contributed by atoms with E-state index >= 15 is 0 Å². The quantitative estimate of drug-likeness (QED) is 0.753. The van der Waals surface area contributed by atoms with Crippen LogP contribution >= 0.6 is 11.3 Å². The molecule has 108 valence electrons. The average Bonchev–Trinajstić information content (AvgIpc) is 2.97. The Morgan fingerprint density at radius 3 is 3.00 bits per heavy atom. The second kappa shape index (κ2) is 6.42. The fourth-order valence-electron chi connectivity index (χ4n) is 1.85. The standard InChI is InChI=1S/C13H19N5OS/c1-3-15-13(19)12-9(14)8-11(20-12)17-5-4-10-16-6-7-18(10)2/h6-8,17H,3-5,14H2,1-2H3,(H,15,19). The Labute approximate surface area is 122 Å². The minimum absolute atomic E-state index is 0.118. The number of nitrogen functional groups attached to an aromatic ring is 1. The molecule has 0 radical (unpaired) electrons. The number of hydrogen-bond donors (Lipinski definition) is 3. The molecule has 20 heavy (non-hydrogen) atoms. The summed E-state index contributed by atoms with van der Waals surface area (Å²) in [5, 5.41) is 6.93. The number of hydrogen-bond acceptors (Lipinski definition) is 5. The molecule has 2 aromatic heterocycles. The molecule has 0 aromatic carbocycles. The van der Waals surface area contributed by atoms with Crippen LogP contribution in [0.25, 0.3) is 0 Å². The summed E-state index contributed by atoms with van der Waals surface area (Å²) in [6.07, 6.45) is 4.52. The van der Waals surface area contributed by atoms with E-state index in [1.54, 1.807) is 12.3 Å². The Balaban J connectivity index is 1.92. The van der Waals surface area contributed by atoms with Crippen LogP contribution in [-0.4, -0.2) is 28.5 Å². The van der Waals surface area contributed by atoms with Crippen molar-refractivity contribution in [3.63, 3.8) is 0 Å². The zero-order valence-electron chi connectivity index (χ0n) is 11.6. The third-order valence-electron chi connectivity index (χ3n) is 2.87. The highest BCUT2D eigenvalue weighted by atomic mass is 32.1. The number of carbonyl (C=O) groups excluding carboxylic acids is 1. The van der Waals surface area contributed by atoms with E-state index in [0.29, 0.717) is 17.1 Å². The summed E-state index contributed by atoms with van der Waals surface area (Å²) in [5.74, 6) is 0.901. The number of aromatic nitrogens is 2. The zero-order valence-corrected chi connectivity index (χ0v) is 12.5. The maximum absolute atomic E-state index is 11.8. The van der Waals surface area contributed by atoms with Crippen molar-refractivity contribution < 1.29 is 4.79 Å². The molecular formula is C13H19N5OS. The fourth-order valence-corrected chi connectivity index (χ4v) is 2.77. The molecule has 0 atom stereocenters. The molecule has 4 N–H and O–H groups in total. The largest absolute Gasteiger partial charge is 0.397 e. The van der Waals surface area contributed by atoms with Gasteiger partial charge in [-0.3, -0.25) is 4.79 Å². The molecule has 0 aliphatic rings. The summed E-state index contributed by atoms with van der Waals surface area (Å²) in [4.78, 5) is 16.6. The van der Waals surface area contributed by atoms with Gasteiger partial charge in [-0.2, -0.15) is 0 Å². The van der Waals surface area contributed by atoms with Gasteiger partial charge in [0.05, 0.1) is 10.7 Å². The minimum Gasteiger partial charge on any atom is -0.397 e. The summed E-state index contributed by atoms with van der Waals surface area (Å²) in [6.45, 7) is 3.23. The van der Waals surface area contributed by atoms with E-state index in [0.717, 1.165) is 23.8 Å². The van der Waals surface area contributed by atoms with Gasteiger partial charge in [0.25, 0.3) is 5.91 Å². The summed E-state index contributed by atoms with van der Waals surface area (Å²) in [7, 11) is 1.97. The Kier molecular flexibility index (Phi) is 4.62. The van der Waals surface area contributed by atoms with E-state index in [4.69, 9.17) is 5.73 Å². The highest BCUT2D eigenvalue weighted by Crippen LogP contribution is 2.28. The Morgan fingerprint density at radius 2 is 2.35 bits per heavy atom. The van der Waals surface area contributed by atoms with Crippen molar-refractivity contribution in [2.75, 3.05) is 24.1 Å². The van der Waals surface area contributed by atoms with E-state index in [1.165, 1.54) is 11.3 Å². The van der Waals surface area contributed by atoms with E-state index in [1.807, 2.05) is 24.7 Å². The molecule has 0 aliphatic carbocycles. The van der Waals surface area contributed by atoms with Crippen molar-refractivity contribution in [2.45, 2.75) is 13.3 Å². The SMILES string of the molecule is CCNC(=O)c1sc(NCCc2nccn2C)cc1N. The number of imidazole rings is 1. The van der Waals surface area contributed by atoms with Crippen molar-refractivity contribution in [1.82, 2.24) is 14.9 Å². The first-order chi connectivity index (χ1) is 9.61. The summed E-state index contributed by atoms with van der Waals surface area (Å²) < 4.78 is 1.99. The Morgan fingerprint density at radius 1 is 1.55 bits per heavy atom. The van der Waals surface area contributed by atoms with Gasteiger partial charge in [0.2, 0.25) is 0 Å². The van der Waals surface area contributed by atoms with E-state index in [2.05, 4.69) is 15.6 Å². The normalized spacial score (nSPS) is 10.5. The number of carbonyl (C=O) groups is 1. The highest BCUT2D eigenvalue weighted by molar-refractivity contribution is 7.18. The molecule has 0 aliphatic heterocycles. The molecule has 0 saturated heterocycles. The van der Waals surface area contributed by atoms with Crippen LogP contribution in [0.4, 0.5) is 10.7 Å². The van der Waals surface area contributed by atoms with Crippen LogP contribution in [0.15, 0.2) is 18.5 Å². The molecule has 0 unspecified atom stereocenters. The lowest BCUT2D eigenvalue weighted by molar-refractivity contribution is 0.0960. The lowest BCUT2D eigenvalue weighted by Crippen LogP contribution is -2.22. The number of rotatable bonds is 6. The molecule has 7 heteroatoms. The predicted molar refractivity (Wildman–Crippen MR) is 82.1 cm³/mol. The maximum Gasteiger partial charge on any atom is 0.263 e. The van der Waals surface area contributed by atoms with Crippen molar-refractivity contribution in [3.05, 3.63) is 29.2 Å². The zero-order chi connectivity index (χ0) is 14.5. The predicted octanol–water partition coefficient (Wildman–Crippen LogP) is 1.47. The average molecular weight is 293 g/mol. The topological polar surface area (TPSA) is 85.0 Å². The summed E-state index contributed by atoms with van der Waals surface area (Å²) in [5.41, 5.74) is 6.37. The molecule has 1 amide bonds. The molecule has 0 spiro atoms. The van der Waals surface area contributed by atoms with E-state index in [9.17, 15) is 4.79 Å². The van der Waals surface area contributed by atoms with Crippen LogP contribution in [0.3, 0.4) is 0 Å². The highest BCUT2D eigenvalue weighted by Gasteiger charge is 2.13. The summed E-state index contributed by atoms with van der Waals surface area (Å²) >= 11 is 1.37. The van der Waals surface area contributed by atoms with Crippen LogP contribution in [0.1, 0.15) is 22.4 Å². The lowest BCUT2D eigenvalue weighted by Gasteiger charge is -2.03. The van der Waals surface area contributed by atoms with E-state index in [-0.39, 0.29) is 5.91 Å². The lowest BCUT2D eigenvalue weighted by atomic mass is 10.3. The van der Waals surface area contributed by atoms with Gasteiger partial charge in [-0.15, -0.1) is 11.3 Å². The molecule has 2 rings (SSSR count). The van der Waals surface area contributed by atoms with Crippen molar-refractivity contribution in [2.24, 2.45) is 7.05 Å². The number of aryl methyl sites for hydroxylation is 1. The van der Waals surface area contributed by atoms with Crippen LogP contribution in [-0.2, 0) is 13.5 Å². The number of nitrogens with two attached hydrogens (primary N) is 1. The number of nitrogens with zero attached hydrogens (tertiary/aromatic N) is 2. The number of thiophene rings is 1. The molecule has 0 fully saturated rings. The van der Waals surface area contributed by atoms with Crippen LogP contribution in [0.5, 0.6) is 0 Å². The minimum atomic E-state index is -0.118. The molecule has 0 saturated carbocycles. The van der Waals surface area contributed by atoms with Gasteiger partial charge in [-0.05, 0) is 13.0 Å². The molecule has 2 heterocycles. The van der Waals surface area contributed by atoms with Crippen LogP contribution < -0.4 is 16.4 Å². The van der Waals surface area contributed by atoms with Gasteiger partial charge < -0.3 is 20.9 Å². The van der Waals surface area contributed by atoms with Crippen molar-refractivity contribution >= 4 is 27.9 Å². The van der Waals surface area contributed by atoms with Gasteiger partial charge >= 0.3 is 0 Å². The van der Waals surface area contributed by atoms with Gasteiger partial charge in [0.1, 0.15) is 10.7 Å². The van der Waals surface area contributed by atoms with E-state index < -0.39 is 0 Å². The number of anilines is 2. The molecular weight excluding hydrogens is 274 g/mol. The second-order valence-corrected chi connectivity index (χ2v) is 5.44. The van der Waals surface area contributed by atoms with Crippen LogP contribution in [0.2, 0.25) is 0 Å². The summed E-state index contributed by atoms with van der Waals surface area (Å²) in [6, 6.07) is 1.80. The van der Waals surface area contributed by atoms with Crippen molar-refractivity contribution in [3.8, 4) is 0 Å².